The summed E-state index contributed by atoms with van der Waals surface area (Å²) in [5.74, 6) is 1.02. The van der Waals surface area contributed by atoms with Gasteiger partial charge in [0.15, 0.2) is 0 Å². The topological polar surface area (TPSA) is 37.0 Å². The maximum Gasteiger partial charge on any atom is 0.143 e. The van der Waals surface area contributed by atoms with E-state index in [0.29, 0.717) is 0 Å². The second kappa shape index (κ2) is 2.77. The number of H-pyrrole nitrogens is 1. The van der Waals surface area contributed by atoms with E-state index >= 15 is 0 Å². The normalized spacial score (nSPS) is 19.6. The third-order valence-corrected chi connectivity index (χ3v) is 2.55. The van der Waals surface area contributed by atoms with Gasteiger partial charge in [0.05, 0.1) is 5.69 Å². The molecule has 0 saturated carbocycles. The van der Waals surface area contributed by atoms with Gasteiger partial charge in [-0.1, -0.05) is 0 Å². The molecule has 0 radical (unpaired) electrons. The number of aromatic amines is 1. The summed E-state index contributed by atoms with van der Waals surface area (Å²) < 4.78 is 5.95. The minimum atomic E-state index is -0.00227. The second-order valence-corrected chi connectivity index (χ2v) is 4.08. The van der Waals surface area contributed by atoms with Crippen molar-refractivity contribution in [1.29, 1.82) is 0 Å². The first-order chi connectivity index (χ1) is 6.11. The number of hydrogen-bond donors (Lipinski definition) is 2. The van der Waals surface area contributed by atoms with Crippen LogP contribution in [0.4, 0.5) is 0 Å². The highest BCUT2D eigenvalue weighted by molar-refractivity contribution is 5.36. The van der Waals surface area contributed by atoms with Crippen molar-refractivity contribution in [2.75, 3.05) is 13.1 Å². The Balaban J connectivity index is 2.17. The summed E-state index contributed by atoms with van der Waals surface area (Å²) in [5.41, 5.74) is 2.30. The zero-order valence-electron chi connectivity index (χ0n) is 8.40. The summed E-state index contributed by atoms with van der Waals surface area (Å²) in [5, 5.41) is 3.22. The average Bonchev–Trinajstić information content (AvgIpc) is 2.33. The molecule has 1 saturated heterocycles. The van der Waals surface area contributed by atoms with E-state index in [1.165, 1.54) is 5.56 Å². The van der Waals surface area contributed by atoms with E-state index in [1.807, 2.05) is 13.1 Å². The predicted molar refractivity (Wildman–Crippen MR) is 52.2 cm³/mol. The minimum absolute atomic E-state index is 0.00227. The monoisotopic (exact) mass is 180 g/mol. The number of ether oxygens (including phenoxy) is 1. The molecule has 1 aliphatic rings. The minimum Gasteiger partial charge on any atom is -0.483 e. The smallest absolute Gasteiger partial charge is 0.143 e. The Hall–Kier alpha value is -0.960. The van der Waals surface area contributed by atoms with Gasteiger partial charge < -0.3 is 15.0 Å². The fourth-order valence-corrected chi connectivity index (χ4v) is 1.60. The summed E-state index contributed by atoms with van der Waals surface area (Å²) in [7, 11) is 0. The second-order valence-electron chi connectivity index (χ2n) is 4.08. The molecule has 1 aromatic heterocycles. The lowest BCUT2D eigenvalue weighted by Gasteiger charge is -2.39. The first kappa shape index (κ1) is 8.63. The fourth-order valence-electron chi connectivity index (χ4n) is 1.60. The van der Waals surface area contributed by atoms with Gasteiger partial charge in [-0.2, -0.15) is 0 Å². The molecule has 2 heterocycles. The highest BCUT2D eigenvalue weighted by atomic mass is 16.5. The molecule has 0 aromatic carbocycles. The summed E-state index contributed by atoms with van der Waals surface area (Å²) in [6, 6.07) is 0. The van der Waals surface area contributed by atoms with Gasteiger partial charge in [-0.25, -0.2) is 0 Å². The molecule has 1 fully saturated rings. The van der Waals surface area contributed by atoms with Crippen molar-refractivity contribution >= 4 is 0 Å². The SMILES string of the molecule is Cc1c[nH]c(C)c1OC1(C)CNC1. The molecule has 2 N–H and O–H groups in total. The van der Waals surface area contributed by atoms with Gasteiger partial charge in [-0.15, -0.1) is 0 Å². The predicted octanol–water partition coefficient (Wildman–Crippen LogP) is 1.37. The molecule has 72 valence electrons. The molecule has 3 heteroatoms. The highest BCUT2D eigenvalue weighted by Gasteiger charge is 2.34. The quantitative estimate of drug-likeness (QED) is 0.721. The van der Waals surface area contributed by atoms with Crippen LogP contribution in [0.15, 0.2) is 6.20 Å². The molecule has 13 heavy (non-hydrogen) atoms. The van der Waals surface area contributed by atoms with Crippen LogP contribution in [-0.2, 0) is 0 Å². The third kappa shape index (κ3) is 1.44. The first-order valence-corrected chi connectivity index (χ1v) is 4.65. The molecule has 1 aromatic rings. The highest BCUT2D eigenvalue weighted by Crippen LogP contribution is 2.27. The zero-order valence-corrected chi connectivity index (χ0v) is 8.40. The number of aromatic nitrogens is 1. The largest absolute Gasteiger partial charge is 0.483 e. The van der Waals surface area contributed by atoms with Crippen molar-refractivity contribution in [3.05, 3.63) is 17.5 Å². The van der Waals surface area contributed by atoms with E-state index in [2.05, 4.69) is 24.1 Å². The Labute approximate surface area is 78.5 Å². The molecule has 0 bridgehead atoms. The lowest BCUT2D eigenvalue weighted by Crippen LogP contribution is -2.61. The third-order valence-electron chi connectivity index (χ3n) is 2.55. The van der Waals surface area contributed by atoms with Crippen LogP contribution in [0.25, 0.3) is 0 Å². The number of aryl methyl sites for hydroxylation is 2. The standard InChI is InChI=1S/C10H16N2O/c1-7-4-12-8(2)9(7)13-10(3)5-11-6-10/h4,11-12H,5-6H2,1-3H3. The molecule has 0 spiro atoms. The first-order valence-electron chi connectivity index (χ1n) is 4.65. The van der Waals surface area contributed by atoms with Crippen molar-refractivity contribution in [2.45, 2.75) is 26.4 Å². The Morgan fingerprint density at radius 2 is 2.08 bits per heavy atom. The van der Waals surface area contributed by atoms with Gasteiger partial charge in [0.1, 0.15) is 11.4 Å². The van der Waals surface area contributed by atoms with Crippen LogP contribution in [0.2, 0.25) is 0 Å². The van der Waals surface area contributed by atoms with Crippen LogP contribution in [0.1, 0.15) is 18.2 Å². The molecule has 0 atom stereocenters. The number of nitrogens with one attached hydrogen (secondary N) is 2. The van der Waals surface area contributed by atoms with E-state index in [1.54, 1.807) is 0 Å². The maximum absolute atomic E-state index is 5.95. The zero-order chi connectivity index (χ0) is 9.47. The van der Waals surface area contributed by atoms with Gasteiger partial charge in [0.2, 0.25) is 0 Å². The summed E-state index contributed by atoms with van der Waals surface area (Å²) >= 11 is 0. The number of rotatable bonds is 2. The van der Waals surface area contributed by atoms with Crippen LogP contribution in [0.3, 0.4) is 0 Å². The summed E-state index contributed by atoms with van der Waals surface area (Å²) in [6.45, 7) is 8.12. The summed E-state index contributed by atoms with van der Waals surface area (Å²) in [4.78, 5) is 3.16. The Morgan fingerprint density at radius 1 is 1.38 bits per heavy atom. The van der Waals surface area contributed by atoms with Crippen LogP contribution in [0.5, 0.6) is 5.75 Å². The van der Waals surface area contributed by atoms with Gasteiger partial charge in [-0.3, -0.25) is 0 Å². The van der Waals surface area contributed by atoms with E-state index in [4.69, 9.17) is 4.74 Å². The van der Waals surface area contributed by atoms with Crippen molar-refractivity contribution in [1.82, 2.24) is 10.3 Å². The molecular formula is C10H16N2O. The Morgan fingerprint density at radius 3 is 2.46 bits per heavy atom. The van der Waals surface area contributed by atoms with E-state index < -0.39 is 0 Å². The molecule has 0 aliphatic carbocycles. The molecule has 1 aliphatic heterocycles. The van der Waals surface area contributed by atoms with Crippen molar-refractivity contribution < 1.29 is 4.74 Å². The van der Waals surface area contributed by atoms with E-state index in [9.17, 15) is 0 Å². The van der Waals surface area contributed by atoms with Crippen molar-refractivity contribution in [2.24, 2.45) is 0 Å². The lowest BCUT2D eigenvalue weighted by atomic mass is 10.00. The molecular weight excluding hydrogens is 164 g/mol. The van der Waals surface area contributed by atoms with Gasteiger partial charge in [0.25, 0.3) is 0 Å². The van der Waals surface area contributed by atoms with Gasteiger partial charge >= 0.3 is 0 Å². The molecule has 2 rings (SSSR count). The molecule has 0 unspecified atom stereocenters. The van der Waals surface area contributed by atoms with Gasteiger partial charge in [0, 0.05) is 24.8 Å². The maximum atomic E-state index is 5.95. The Kier molecular flexibility index (Phi) is 1.84. The summed E-state index contributed by atoms with van der Waals surface area (Å²) in [6.07, 6.45) is 1.99. The van der Waals surface area contributed by atoms with Crippen LogP contribution < -0.4 is 10.1 Å². The van der Waals surface area contributed by atoms with Crippen LogP contribution >= 0.6 is 0 Å². The van der Waals surface area contributed by atoms with Crippen molar-refractivity contribution in [3.63, 3.8) is 0 Å². The lowest BCUT2D eigenvalue weighted by molar-refractivity contribution is 0.0337. The van der Waals surface area contributed by atoms with Crippen LogP contribution in [0, 0.1) is 13.8 Å². The Bertz CT molecular complexity index is 293. The number of hydrogen-bond acceptors (Lipinski definition) is 2. The van der Waals surface area contributed by atoms with Crippen LogP contribution in [-0.4, -0.2) is 23.7 Å². The molecule has 0 amide bonds. The van der Waals surface area contributed by atoms with Crippen molar-refractivity contribution in [3.8, 4) is 5.75 Å². The van der Waals surface area contributed by atoms with E-state index in [0.717, 1.165) is 24.5 Å². The van der Waals surface area contributed by atoms with Gasteiger partial charge in [-0.05, 0) is 20.8 Å². The fraction of sp³-hybridized carbons (Fsp3) is 0.600. The van der Waals surface area contributed by atoms with E-state index in [-0.39, 0.29) is 5.60 Å². The average molecular weight is 180 g/mol. The molecule has 3 nitrogen and oxygen atoms in total.